The first-order valence-electron chi connectivity index (χ1n) is 4.44. The van der Waals surface area contributed by atoms with E-state index in [0.29, 0.717) is 5.82 Å². The van der Waals surface area contributed by atoms with Crippen LogP contribution in [0.25, 0.3) is 0 Å². The van der Waals surface area contributed by atoms with Crippen molar-refractivity contribution < 1.29 is 0 Å². The van der Waals surface area contributed by atoms with E-state index in [0.717, 1.165) is 13.1 Å². The van der Waals surface area contributed by atoms with Crippen LogP contribution in [0.15, 0.2) is 34.7 Å². The van der Waals surface area contributed by atoms with Crippen molar-refractivity contribution in [1.82, 2.24) is 9.99 Å². The Morgan fingerprint density at radius 1 is 1.31 bits per heavy atom. The molecular weight excluding hydrogens is 164 g/mol. The summed E-state index contributed by atoms with van der Waals surface area (Å²) in [6.45, 7) is 5.82. The molecule has 0 aliphatic rings. The predicted octanol–water partition coefficient (Wildman–Crippen LogP) is 2.42. The molecule has 0 aromatic carbocycles. The first-order chi connectivity index (χ1) is 6.36. The van der Waals surface area contributed by atoms with Crippen molar-refractivity contribution in [2.45, 2.75) is 13.8 Å². The summed E-state index contributed by atoms with van der Waals surface area (Å²) in [5, 5.41) is 9.88. The summed E-state index contributed by atoms with van der Waals surface area (Å²) >= 11 is 0. The van der Waals surface area contributed by atoms with Gasteiger partial charge in [-0.25, -0.2) is 4.98 Å². The molecular formula is C9H14N4. The summed E-state index contributed by atoms with van der Waals surface area (Å²) in [6, 6.07) is 5.58. The Bertz CT molecular complexity index is 254. The maximum Gasteiger partial charge on any atom is 0.176 e. The highest BCUT2D eigenvalue weighted by Gasteiger charge is 1.92. The zero-order valence-corrected chi connectivity index (χ0v) is 8.01. The maximum atomic E-state index is 4.03. The largest absolute Gasteiger partial charge is 0.279 e. The molecule has 0 atom stereocenters. The van der Waals surface area contributed by atoms with Gasteiger partial charge in [-0.05, 0) is 26.0 Å². The lowest BCUT2D eigenvalue weighted by atomic mass is 10.5. The van der Waals surface area contributed by atoms with Gasteiger partial charge in [0.05, 0.1) is 0 Å². The fraction of sp³-hybridized carbons (Fsp3) is 0.444. The molecule has 0 saturated carbocycles. The smallest absolute Gasteiger partial charge is 0.176 e. The van der Waals surface area contributed by atoms with E-state index in [1.54, 1.807) is 6.20 Å². The van der Waals surface area contributed by atoms with Crippen LogP contribution in [0.5, 0.6) is 0 Å². The highest BCUT2D eigenvalue weighted by molar-refractivity contribution is 5.23. The van der Waals surface area contributed by atoms with Gasteiger partial charge in [-0.15, -0.1) is 5.11 Å². The van der Waals surface area contributed by atoms with E-state index in [2.05, 4.69) is 15.3 Å². The molecule has 1 heterocycles. The lowest BCUT2D eigenvalue weighted by molar-refractivity contribution is 0.300. The van der Waals surface area contributed by atoms with Crippen LogP contribution < -0.4 is 0 Å². The van der Waals surface area contributed by atoms with Gasteiger partial charge in [-0.2, -0.15) is 0 Å². The summed E-state index contributed by atoms with van der Waals surface area (Å²) in [5.74, 6) is 0.648. The fourth-order valence-corrected chi connectivity index (χ4v) is 0.872. The maximum absolute atomic E-state index is 4.03. The molecule has 1 rings (SSSR count). The SMILES string of the molecule is CCN(CC)N=Nc1ccccn1. The van der Waals surface area contributed by atoms with Crippen molar-refractivity contribution in [3.63, 3.8) is 0 Å². The normalized spacial score (nSPS) is 10.6. The minimum atomic E-state index is 0.648. The highest BCUT2D eigenvalue weighted by Crippen LogP contribution is 2.06. The Morgan fingerprint density at radius 2 is 2.08 bits per heavy atom. The average molecular weight is 178 g/mol. The Labute approximate surface area is 78.3 Å². The standard InChI is InChI=1S/C9H14N4/c1-3-13(4-2)12-11-9-7-5-6-8-10-9/h5-8H,3-4H2,1-2H3. The molecule has 0 fully saturated rings. The molecule has 0 bridgehead atoms. The number of hydrogen-bond acceptors (Lipinski definition) is 3. The fourth-order valence-electron chi connectivity index (χ4n) is 0.872. The van der Waals surface area contributed by atoms with E-state index in [1.165, 1.54) is 0 Å². The van der Waals surface area contributed by atoms with Gasteiger partial charge in [0.2, 0.25) is 0 Å². The second-order valence-electron chi connectivity index (χ2n) is 2.52. The van der Waals surface area contributed by atoms with Gasteiger partial charge in [0.15, 0.2) is 5.82 Å². The van der Waals surface area contributed by atoms with E-state index in [9.17, 15) is 0 Å². The molecule has 0 amide bonds. The summed E-state index contributed by atoms with van der Waals surface area (Å²) in [4.78, 5) is 4.03. The van der Waals surface area contributed by atoms with E-state index < -0.39 is 0 Å². The molecule has 13 heavy (non-hydrogen) atoms. The molecule has 0 aliphatic heterocycles. The van der Waals surface area contributed by atoms with Crippen molar-refractivity contribution in [1.29, 1.82) is 0 Å². The zero-order chi connectivity index (χ0) is 9.52. The van der Waals surface area contributed by atoms with Crippen LogP contribution in [-0.4, -0.2) is 23.1 Å². The second-order valence-corrected chi connectivity index (χ2v) is 2.52. The number of nitrogens with zero attached hydrogens (tertiary/aromatic N) is 4. The second kappa shape index (κ2) is 5.24. The zero-order valence-electron chi connectivity index (χ0n) is 8.01. The van der Waals surface area contributed by atoms with E-state index >= 15 is 0 Å². The van der Waals surface area contributed by atoms with Gasteiger partial charge in [0, 0.05) is 19.3 Å². The average Bonchev–Trinajstić information content (AvgIpc) is 2.21. The van der Waals surface area contributed by atoms with Gasteiger partial charge < -0.3 is 0 Å². The molecule has 70 valence electrons. The minimum Gasteiger partial charge on any atom is -0.279 e. The molecule has 4 heteroatoms. The topological polar surface area (TPSA) is 40.9 Å². The van der Waals surface area contributed by atoms with Crippen molar-refractivity contribution in [3.05, 3.63) is 24.4 Å². The van der Waals surface area contributed by atoms with Gasteiger partial charge in [0.1, 0.15) is 0 Å². The van der Waals surface area contributed by atoms with Crippen LogP contribution in [0, 0.1) is 0 Å². The molecule has 0 saturated heterocycles. The first-order valence-corrected chi connectivity index (χ1v) is 4.44. The van der Waals surface area contributed by atoms with Crippen molar-refractivity contribution >= 4 is 5.82 Å². The third-order valence-electron chi connectivity index (χ3n) is 1.65. The number of hydrogen-bond donors (Lipinski definition) is 0. The van der Waals surface area contributed by atoms with Crippen LogP contribution >= 0.6 is 0 Å². The van der Waals surface area contributed by atoms with Crippen molar-refractivity contribution in [2.24, 2.45) is 10.3 Å². The van der Waals surface area contributed by atoms with Crippen molar-refractivity contribution in [3.8, 4) is 0 Å². The minimum absolute atomic E-state index is 0.648. The highest BCUT2D eigenvalue weighted by atomic mass is 15.5. The van der Waals surface area contributed by atoms with Crippen LogP contribution in [0.1, 0.15) is 13.8 Å². The molecule has 0 spiro atoms. The summed E-state index contributed by atoms with van der Waals surface area (Å²) in [5.41, 5.74) is 0. The van der Waals surface area contributed by atoms with Gasteiger partial charge >= 0.3 is 0 Å². The van der Waals surface area contributed by atoms with Crippen LogP contribution in [0.3, 0.4) is 0 Å². The Morgan fingerprint density at radius 3 is 2.62 bits per heavy atom. The van der Waals surface area contributed by atoms with Crippen LogP contribution in [0.2, 0.25) is 0 Å². The molecule has 0 radical (unpaired) electrons. The number of pyridine rings is 1. The predicted molar refractivity (Wildman–Crippen MR) is 51.7 cm³/mol. The van der Waals surface area contributed by atoms with Crippen molar-refractivity contribution in [2.75, 3.05) is 13.1 Å². The first kappa shape index (κ1) is 9.64. The lowest BCUT2D eigenvalue weighted by Gasteiger charge is -2.10. The van der Waals surface area contributed by atoms with Gasteiger partial charge in [0.25, 0.3) is 0 Å². The molecule has 0 unspecified atom stereocenters. The van der Waals surface area contributed by atoms with Crippen LogP contribution in [-0.2, 0) is 0 Å². The van der Waals surface area contributed by atoms with Crippen LogP contribution in [0.4, 0.5) is 5.82 Å². The molecule has 0 N–H and O–H groups in total. The summed E-state index contributed by atoms with van der Waals surface area (Å²) in [7, 11) is 0. The number of aromatic nitrogens is 1. The monoisotopic (exact) mass is 178 g/mol. The Hall–Kier alpha value is -1.45. The van der Waals surface area contributed by atoms with Gasteiger partial charge in [-0.3, -0.25) is 5.01 Å². The van der Waals surface area contributed by atoms with Gasteiger partial charge in [-0.1, -0.05) is 11.3 Å². The van der Waals surface area contributed by atoms with E-state index in [1.807, 2.05) is 37.1 Å². The molecule has 4 nitrogen and oxygen atoms in total. The quantitative estimate of drug-likeness (QED) is 0.524. The van der Waals surface area contributed by atoms with E-state index in [4.69, 9.17) is 0 Å². The lowest BCUT2D eigenvalue weighted by Crippen LogP contribution is -2.14. The molecule has 1 aromatic rings. The van der Waals surface area contributed by atoms with E-state index in [-0.39, 0.29) is 0 Å². The summed E-state index contributed by atoms with van der Waals surface area (Å²) < 4.78 is 0. The Kier molecular flexibility index (Phi) is 3.88. The number of rotatable bonds is 4. The third kappa shape index (κ3) is 3.19. The summed E-state index contributed by atoms with van der Waals surface area (Å²) in [6.07, 6.45) is 1.70. The third-order valence-corrected chi connectivity index (χ3v) is 1.65. The Balaban J connectivity index is 2.57. The molecule has 1 aromatic heterocycles. The molecule has 0 aliphatic carbocycles.